The van der Waals surface area contributed by atoms with E-state index in [1.807, 2.05) is 4.90 Å². The van der Waals surface area contributed by atoms with Gasteiger partial charge in [0.05, 0.1) is 5.69 Å². The second-order valence-electron chi connectivity index (χ2n) is 5.94. The van der Waals surface area contributed by atoms with Crippen LogP contribution in [-0.2, 0) is 0 Å². The molecule has 1 saturated heterocycles. The maximum Gasteiger partial charge on any atom is 0.270 e. The van der Waals surface area contributed by atoms with Crippen molar-refractivity contribution >= 4 is 17.9 Å². The minimum absolute atomic E-state index is 0.0429. The lowest BCUT2D eigenvalue weighted by Gasteiger charge is -2.36. The number of aromatic amines is 1. The van der Waals surface area contributed by atoms with Crippen molar-refractivity contribution in [2.24, 2.45) is 0 Å². The number of carbonyl (C=O) groups excluding carboxylic acids is 2. The number of amides is 1. The van der Waals surface area contributed by atoms with E-state index in [1.165, 1.54) is 16.8 Å². The first kappa shape index (κ1) is 15.3. The number of hydrogen-bond acceptors (Lipinski definition) is 3. The fourth-order valence-corrected chi connectivity index (χ4v) is 3.00. The number of hydrogen-bond donors (Lipinski definition) is 1. The van der Waals surface area contributed by atoms with Gasteiger partial charge in [-0.2, -0.15) is 0 Å². The van der Waals surface area contributed by atoms with Crippen molar-refractivity contribution in [2.75, 3.05) is 31.1 Å². The number of benzene rings is 1. The minimum atomic E-state index is -0.0429. The first-order valence-electron chi connectivity index (χ1n) is 7.85. The Morgan fingerprint density at radius 1 is 1.09 bits per heavy atom. The van der Waals surface area contributed by atoms with Crippen molar-refractivity contribution < 1.29 is 9.59 Å². The predicted molar refractivity (Wildman–Crippen MR) is 90.2 cm³/mol. The summed E-state index contributed by atoms with van der Waals surface area (Å²) in [5.41, 5.74) is 4.75. The van der Waals surface area contributed by atoms with Crippen LogP contribution in [0.3, 0.4) is 0 Å². The van der Waals surface area contributed by atoms with Crippen LogP contribution in [0.2, 0.25) is 0 Å². The zero-order chi connectivity index (χ0) is 16.4. The van der Waals surface area contributed by atoms with E-state index in [9.17, 15) is 9.59 Å². The molecule has 120 valence electrons. The highest BCUT2D eigenvalue weighted by Gasteiger charge is 2.23. The van der Waals surface area contributed by atoms with Gasteiger partial charge in [0.1, 0.15) is 5.69 Å². The molecule has 1 fully saturated rings. The van der Waals surface area contributed by atoms with E-state index in [4.69, 9.17) is 0 Å². The van der Waals surface area contributed by atoms with Crippen LogP contribution in [-0.4, -0.2) is 48.3 Å². The van der Waals surface area contributed by atoms with Gasteiger partial charge in [0.25, 0.3) is 5.91 Å². The summed E-state index contributed by atoms with van der Waals surface area (Å²) in [5, 5.41) is 0. The molecule has 0 saturated carbocycles. The first-order valence-corrected chi connectivity index (χ1v) is 7.85. The van der Waals surface area contributed by atoms with Crippen LogP contribution < -0.4 is 4.90 Å². The van der Waals surface area contributed by atoms with E-state index in [2.05, 4.69) is 41.9 Å². The molecule has 0 atom stereocenters. The third-order valence-electron chi connectivity index (χ3n) is 4.55. The van der Waals surface area contributed by atoms with Gasteiger partial charge in [0, 0.05) is 31.9 Å². The molecular formula is C18H21N3O2. The Morgan fingerprint density at radius 2 is 1.83 bits per heavy atom. The summed E-state index contributed by atoms with van der Waals surface area (Å²) in [4.78, 5) is 30.2. The summed E-state index contributed by atoms with van der Waals surface area (Å²) >= 11 is 0. The lowest BCUT2D eigenvalue weighted by atomic mass is 10.1. The molecule has 3 rings (SSSR count). The molecule has 1 aromatic heterocycles. The highest BCUT2D eigenvalue weighted by Crippen LogP contribution is 2.24. The zero-order valence-electron chi connectivity index (χ0n) is 13.5. The van der Waals surface area contributed by atoms with Crippen LogP contribution in [0.4, 0.5) is 5.69 Å². The Bertz CT molecular complexity index is 728. The fourth-order valence-electron chi connectivity index (χ4n) is 3.00. The van der Waals surface area contributed by atoms with E-state index >= 15 is 0 Å². The molecular weight excluding hydrogens is 290 g/mol. The average molecular weight is 311 g/mol. The SMILES string of the molecule is Cc1cccc(N2CCN(C(=O)c3ccc(C=O)[nH]3)CC2)c1C. The van der Waals surface area contributed by atoms with E-state index in [1.54, 1.807) is 12.1 Å². The Balaban J connectivity index is 1.67. The summed E-state index contributed by atoms with van der Waals surface area (Å²) in [6, 6.07) is 9.64. The van der Waals surface area contributed by atoms with Crippen molar-refractivity contribution in [3.8, 4) is 0 Å². The maximum absolute atomic E-state index is 12.5. The van der Waals surface area contributed by atoms with Gasteiger partial charge in [-0.25, -0.2) is 0 Å². The van der Waals surface area contributed by atoms with E-state index in [0.717, 1.165) is 19.4 Å². The molecule has 5 heteroatoms. The molecule has 0 radical (unpaired) electrons. The quantitative estimate of drug-likeness (QED) is 0.886. The van der Waals surface area contributed by atoms with Crippen molar-refractivity contribution in [3.63, 3.8) is 0 Å². The van der Waals surface area contributed by atoms with Gasteiger partial charge in [0.2, 0.25) is 0 Å². The minimum Gasteiger partial charge on any atom is -0.368 e. The van der Waals surface area contributed by atoms with E-state index < -0.39 is 0 Å². The van der Waals surface area contributed by atoms with Gasteiger partial charge in [-0.1, -0.05) is 12.1 Å². The summed E-state index contributed by atoms with van der Waals surface area (Å²) < 4.78 is 0. The van der Waals surface area contributed by atoms with Crippen LogP contribution in [0.25, 0.3) is 0 Å². The Labute approximate surface area is 135 Å². The van der Waals surface area contributed by atoms with Crippen molar-refractivity contribution in [1.82, 2.24) is 9.88 Å². The summed E-state index contributed by atoms with van der Waals surface area (Å²) in [6.07, 6.45) is 0.717. The van der Waals surface area contributed by atoms with Gasteiger partial charge >= 0.3 is 0 Å². The van der Waals surface area contributed by atoms with Gasteiger partial charge < -0.3 is 14.8 Å². The zero-order valence-corrected chi connectivity index (χ0v) is 13.5. The number of aryl methyl sites for hydroxylation is 1. The van der Waals surface area contributed by atoms with E-state index in [-0.39, 0.29) is 5.91 Å². The molecule has 1 aromatic carbocycles. The normalized spacial score (nSPS) is 14.9. The molecule has 1 N–H and O–H groups in total. The Morgan fingerprint density at radius 3 is 2.48 bits per heavy atom. The number of aldehydes is 1. The highest BCUT2D eigenvalue weighted by molar-refractivity contribution is 5.93. The Hall–Kier alpha value is -2.56. The summed E-state index contributed by atoms with van der Waals surface area (Å²) in [6.45, 7) is 7.26. The summed E-state index contributed by atoms with van der Waals surface area (Å²) in [7, 11) is 0. The maximum atomic E-state index is 12.5. The van der Waals surface area contributed by atoms with Crippen LogP contribution in [0.15, 0.2) is 30.3 Å². The largest absolute Gasteiger partial charge is 0.368 e. The van der Waals surface area contributed by atoms with Gasteiger partial charge in [-0.05, 0) is 43.2 Å². The number of rotatable bonds is 3. The molecule has 1 amide bonds. The van der Waals surface area contributed by atoms with Crippen LogP contribution in [0.5, 0.6) is 0 Å². The number of nitrogens with one attached hydrogen (secondary N) is 1. The molecule has 1 aliphatic heterocycles. The average Bonchev–Trinajstić information content (AvgIpc) is 3.06. The summed E-state index contributed by atoms with van der Waals surface area (Å²) in [5.74, 6) is -0.0429. The molecule has 0 aliphatic carbocycles. The first-order chi connectivity index (χ1) is 11.1. The second kappa shape index (κ2) is 6.28. The Kier molecular flexibility index (Phi) is 4.19. The van der Waals surface area contributed by atoms with Gasteiger partial charge in [-0.15, -0.1) is 0 Å². The standard InChI is InChI=1S/C18H21N3O2/c1-13-4-3-5-17(14(13)2)20-8-10-21(11-9-20)18(23)16-7-6-15(12-22)19-16/h3-7,12,19H,8-11H2,1-2H3. The van der Waals surface area contributed by atoms with Crippen LogP contribution in [0, 0.1) is 13.8 Å². The molecule has 5 nitrogen and oxygen atoms in total. The third-order valence-corrected chi connectivity index (χ3v) is 4.55. The van der Waals surface area contributed by atoms with Gasteiger partial charge in [0.15, 0.2) is 6.29 Å². The van der Waals surface area contributed by atoms with E-state index in [0.29, 0.717) is 24.5 Å². The monoisotopic (exact) mass is 311 g/mol. The topological polar surface area (TPSA) is 56.4 Å². The fraction of sp³-hybridized carbons (Fsp3) is 0.333. The molecule has 0 bridgehead atoms. The molecule has 0 spiro atoms. The lowest BCUT2D eigenvalue weighted by Crippen LogP contribution is -2.49. The number of piperazine rings is 1. The molecule has 23 heavy (non-hydrogen) atoms. The number of nitrogens with zero attached hydrogens (tertiary/aromatic N) is 2. The van der Waals surface area contributed by atoms with Crippen LogP contribution >= 0.6 is 0 Å². The third kappa shape index (κ3) is 2.99. The van der Waals surface area contributed by atoms with Crippen molar-refractivity contribution in [1.29, 1.82) is 0 Å². The van der Waals surface area contributed by atoms with Crippen molar-refractivity contribution in [3.05, 3.63) is 52.8 Å². The van der Waals surface area contributed by atoms with Crippen LogP contribution in [0.1, 0.15) is 32.1 Å². The number of aromatic nitrogens is 1. The van der Waals surface area contributed by atoms with Crippen molar-refractivity contribution in [2.45, 2.75) is 13.8 Å². The van der Waals surface area contributed by atoms with Gasteiger partial charge in [-0.3, -0.25) is 9.59 Å². The smallest absolute Gasteiger partial charge is 0.270 e. The second-order valence-corrected chi connectivity index (χ2v) is 5.94. The lowest BCUT2D eigenvalue weighted by molar-refractivity contribution is 0.0741. The predicted octanol–water partition coefficient (Wildman–Crippen LogP) is 2.41. The molecule has 0 unspecified atom stereocenters. The molecule has 2 aromatic rings. The number of carbonyl (C=O) groups is 2. The highest BCUT2D eigenvalue weighted by atomic mass is 16.2. The molecule has 2 heterocycles. The molecule has 1 aliphatic rings. The number of H-pyrrole nitrogens is 1. The number of anilines is 1.